The van der Waals surface area contributed by atoms with E-state index < -0.39 is 0 Å². The predicted octanol–water partition coefficient (Wildman–Crippen LogP) is 0.196. The van der Waals surface area contributed by atoms with Crippen LogP contribution in [0.4, 0.5) is 5.69 Å². The van der Waals surface area contributed by atoms with Crippen LogP contribution in [0.5, 0.6) is 5.75 Å². The Morgan fingerprint density at radius 1 is 1.30 bits per heavy atom. The number of ether oxygens (including phenoxy) is 1. The summed E-state index contributed by atoms with van der Waals surface area (Å²) in [5, 5.41) is 0. The van der Waals surface area contributed by atoms with Crippen molar-refractivity contribution in [3.8, 4) is 5.75 Å². The van der Waals surface area contributed by atoms with Crippen molar-refractivity contribution in [3.63, 3.8) is 0 Å². The highest BCUT2D eigenvalue weighted by Crippen LogP contribution is 2.28. The van der Waals surface area contributed by atoms with Gasteiger partial charge in [0.25, 0.3) is 5.91 Å². The Labute approximate surface area is 119 Å². The van der Waals surface area contributed by atoms with Gasteiger partial charge in [0.05, 0.1) is 18.8 Å². The van der Waals surface area contributed by atoms with E-state index in [1.54, 1.807) is 7.11 Å². The van der Waals surface area contributed by atoms with Gasteiger partial charge in [0.1, 0.15) is 5.75 Å². The van der Waals surface area contributed by atoms with Gasteiger partial charge in [-0.1, -0.05) is 12.1 Å². The van der Waals surface area contributed by atoms with E-state index in [1.165, 1.54) is 0 Å². The van der Waals surface area contributed by atoms with E-state index in [2.05, 4.69) is 21.3 Å². The summed E-state index contributed by atoms with van der Waals surface area (Å²) in [7, 11) is 1.68. The van der Waals surface area contributed by atoms with E-state index in [-0.39, 0.29) is 11.9 Å². The van der Waals surface area contributed by atoms with Gasteiger partial charge < -0.3 is 9.64 Å². The van der Waals surface area contributed by atoms with E-state index in [0.717, 1.165) is 37.6 Å². The lowest BCUT2D eigenvalue weighted by Crippen LogP contribution is -2.54. The van der Waals surface area contributed by atoms with Crippen molar-refractivity contribution in [2.45, 2.75) is 13.0 Å². The summed E-state index contributed by atoms with van der Waals surface area (Å²) in [5.41, 5.74) is 3.31. The minimum absolute atomic E-state index is 0.143. The Balaban J connectivity index is 1.99. The first-order valence-corrected chi connectivity index (χ1v) is 6.80. The zero-order valence-corrected chi connectivity index (χ0v) is 12.0. The molecule has 1 heterocycles. The molecule has 0 radical (unpaired) electrons. The SMILES string of the molecule is COc1ccccc1N1CCN(C(C)C(=O)NN)CC1. The molecule has 110 valence electrons. The van der Waals surface area contributed by atoms with Crippen LogP contribution in [-0.2, 0) is 4.79 Å². The number of hydrogen-bond donors (Lipinski definition) is 2. The summed E-state index contributed by atoms with van der Waals surface area (Å²) < 4.78 is 5.39. The molecule has 2 rings (SSSR count). The van der Waals surface area contributed by atoms with Gasteiger partial charge in [0.15, 0.2) is 0 Å². The molecule has 3 N–H and O–H groups in total. The van der Waals surface area contributed by atoms with Crippen LogP contribution in [-0.4, -0.2) is 50.1 Å². The first kappa shape index (κ1) is 14.6. The summed E-state index contributed by atoms with van der Waals surface area (Å²) in [6.07, 6.45) is 0. The number of methoxy groups -OCH3 is 1. The molecule has 0 bridgehead atoms. The van der Waals surface area contributed by atoms with Gasteiger partial charge in [-0.25, -0.2) is 5.84 Å². The summed E-state index contributed by atoms with van der Waals surface area (Å²) in [6.45, 7) is 5.26. The monoisotopic (exact) mass is 278 g/mol. The fraction of sp³-hybridized carbons (Fsp3) is 0.500. The molecule has 1 fully saturated rings. The number of nitrogens with one attached hydrogen (secondary N) is 1. The second-order valence-corrected chi connectivity index (χ2v) is 4.88. The third-order valence-electron chi connectivity index (χ3n) is 3.81. The highest BCUT2D eigenvalue weighted by Gasteiger charge is 2.25. The fourth-order valence-electron chi connectivity index (χ4n) is 2.53. The molecule has 1 aliphatic heterocycles. The highest BCUT2D eigenvalue weighted by atomic mass is 16.5. The Bertz CT molecular complexity index is 458. The summed E-state index contributed by atoms with van der Waals surface area (Å²) >= 11 is 0. The molecule has 1 atom stereocenters. The zero-order chi connectivity index (χ0) is 14.5. The van der Waals surface area contributed by atoms with Crippen molar-refractivity contribution in [2.75, 3.05) is 38.2 Å². The van der Waals surface area contributed by atoms with E-state index in [9.17, 15) is 4.79 Å². The van der Waals surface area contributed by atoms with Crippen LogP contribution >= 0.6 is 0 Å². The molecule has 1 amide bonds. The summed E-state index contributed by atoms with van der Waals surface area (Å²) in [5.74, 6) is 5.92. The molecule has 1 aromatic carbocycles. The van der Waals surface area contributed by atoms with Gasteiger partial charge in [-0.3, -0.25) is 15.1 Å². The minimum atomic E-state index is -0.195. The number of para-hydroxylation sites is 2. The highest BCUT2D eigenvalue weighted by molar-refractivity contribution is 5.80. The van der Waals surface area contributed by atoms with Crippen molar-refractivity contribution in [1.29, 1.82) is 0 Å². The lowest BCUT2D eigenvalue weighted by molar-refractivity contribution is -0.126. The van der Waals surface area contributed by atoms with Gasteiger partial charge in [0, 0.05) is 26.2 Å². The van der Waals surface area contributed by atoms with Gasteiger partial charge in [-0.15, -0.1) is 0 Å². The maximum Gasteiger partial charge on any atom is 0.250 e. The van der Waals surface area contributed by atoms with Crippen LogP contribution in [0.15, 0.2) is 24.3 Å². The molecule has 6 nitrogen and oxygen atoms in total. The number of carbonyl (C=O) groups is 1. The van der Waals surface area contributed by atoms with Gasteiger partial charge in [-0.2, -0.15) is 0 Å². The van der Waals surface area contributed by atoms with Crippen LogP contribution < -0.4 is 20.9 Å². The molecular formula is C14H22N4O2. The second-order valence-electron chi connectivity index (χ2n) is 4.88. The van der Waals surface area contributed by atoms with Crippen LogP contribution in [0, 0.1) is 0 Å². The Hall–Kier alpha value is -1.79. The van der Waals surface area contributed by atoms with Crippen molar-refractivity contribution in [1.82, 2.24) is 10.3 Å². The number of nitrogens with zero attached hydrogens (tertiary/aromatic N) is 2. The quantitative estimate of drug-likeness (QED) is 0.467. The van der Waals surface area contributed by atoms with Crippen molar-refractivity contribution >= 4 is 11.6 Å². The molecule has 0 spiro atoms. The number of hydrazine groups is 1. The molecule has 1 aromatic rings. The van der Waals surface area contributed by atoms with Gasteiger partial charge in [-0.05, 0) is 19.1 Å². The van der Waals surface area contributed by atoms with Crippen molar-refractivity contribution in [2.24, 2.45) is 5.84 Å². The molecule has 0 aliphatic carbocycles. The number of carbonyl (C=O) groups excluding carboxylic acids is 1. The van der Waals surface area contributed by atoms with Crippen LogP contribution in [0.1, 0.15) is 6.92 Å². The van der Waals surface area contributed by atoms with E-state index in [0.29, 0.717) is 0 Å². The van der Waals surface area contributed by atoms with Crippen LogP contribution in [0.25, 0.3) is 0 Å². The average Bonchev–Trinajstić information content (AvgIpc) is 2.53. The molecule has 1 aliphatic rings. The fourth-order valence-corrected chi connectivity index (χ4v) is 2.53. The number of piperazine rings is 1. The first-order chi connectivity index (χ1) is 9.67. The van der Waals surface area contributed by atoms with Gasteiger partial charge in [0.2, 0.25) is 0 Å². The summed E-state index contributed by atoms with van der Waals surface area (Å²) in [4.78, 5) is 16.0. The molecule has 6 heteroatoms. The second kappa shape index (κ2) is 6.58. The van der Waals surface area contributed by atoms with Gasteiger partial charge >= 0.3 is 0 Å². The number of amides is 1. The molecule has 1 unspecified atom stereocenters. The Morgan fingerprint density at radius 3 is 2.55 bits per heavy atom. The lowest BCUT2D eigenvalue weighted by Gasteiger charge is -2.38. The number of nitrogens with two attached hydrogens (primary N) is 1. The van der Waals surface area contributed by atoms with E-state index in [4.69, 9.17) is 10.6 Å². The number of hydrogen-bond acceptors (Lipinski definition) is 5. The predicted molar refractivity (Wildman–Crippen MR) is 78.6 cm³/mol. The third-order valence-corrected chi connectivity index (χ3v) is 3.81. The molecule has 20 heavy (non-hydrogen) atoms. The third kappa shape index (κ3) is 3.02. The number of rotatable bonds is 4. The topological polar surface area (TPSA) is 70.8 Å². The first-order valence-electron chi connectivity index (χ1n) is 6.80. The van der Waals surface area contributed by atoms with Crippen molar-refractivity contribution < 1.29 is 9.53 Å². The lowest BCUT2D eigenvalue weighted by atomic mass is 10.2. The minimum Gasteiger partial charge on any atom is -0.495 e. The van der Waals surface area contributed by atoms with Crippen LogP contribution in [0.3, 0.4) is 0 Å². The standard InChI is InChI=1S/C14H22N4O2/c1-11(14(19)16-15)17-7-9-18(10-8-17)12-5-3-4-6-13(12)20-2/h3-6,11H,7-10,15H2,1-2H3,(H,16,19). The molecular weight excluding hydrogens is 256 g/mol. The largest absolute Gasteiger partial charge is 0.495 e. The molecule has 0 saturated carbocycles. The Morgan fingerprint density at radius 2 is 1.95 bits per heavy atom. The summed E-state index contributed by atoms with van der Waals surface area (Å²) in [6, 6.07) is 7.80. The zero-order valence-electron chi connectivity index (χ0n) is 12.0. The number of anilines is 1. The normalized spacial score (nSPS) is 17.6. The smallest absolute Gasteiger partial charge is 0.250 e. The molecule has 1 saturated heterocycles. The van der Waals surface area contributed by atoms with Crippen LogP contribution in [0.2, 0.25) is 0 Å². The Kier molecular flexibility index (Phi) is 4.81. The maximum absolute atomic E-state index is 11.6. The van der Waals surface area contributed by atoms with E-state index >= 15 is 0 Å². The maximum atomic E-state index is 11.6. The number of benzene rings is 1. The molecule has 0 aromatic heterocycles. The van der Waals surface area contributed by atoms with Crippen molar-refractivity contribution in [3.05, 3.63) is 24.3 Å². The average molecular weight is 278 g/mol. The van der Waals surface area contributed by atoms with E-state index in [1.807, 2.05) is 25.1 Å².